The summed E-state index contributed by atoms with van der Waals surface area (Å²) in [6.45, 7) is 0. The van der Waals surface area contributed by atoms with Gasteiger partial charge in [0, 0.05) is 27.7 Å². The summed E-state index contributed by atoms with van der Waals surface area (Å²) in [5.74, 6) is 1.80. The Morgan fingerprint density at radius 3 is 1.72 bits per heavy atom. The van der Waals surface area contributed by atoms with E-state index in [2.05, 4.69) is 254 Å². The summed E-state index contributed by atoms with van der Waals surface area (Å²) < 4.78 is 6.43. The monoisotopic (exact) mass is 827 g/mol. The maximum atomic E-state index is 6.43. The molecule has 1 aliphatic carbocycles. The van der Waals surface area contributed by atoms with Crippen molar-refractivity contribution in [2.24, 2.45) is 0 Å². The van der Waals surface area contributed by atoms with E-state index in [0.29, 0.717) is 0 Å². The van der Waals surface area contributed by atoms with Crippen LogP contribution in [0.25, 0.3) is 66.1 Å². The summed E-state index contributed by atoms with van der Waals surface area (Å²) in [6, 6.07) is 90.9. The molecule has 0 fully saturated rings. The molecule has 2 aliphatic rings. The van der Waals surface area contributed by atoms with Crippen LogP contribution < -0.4 is 9.64 Å². The molecule has 0 unspecified atom stereocenters. The zero-order valence-corrected chi connectivity index (χ0v) is 35.5. The van der Waals surface area contributed by atoms with Crippen LogP contribution in [0.1, 0.15) is 22.3 Å². The van der Waals surface area contributed by atoms with Gasteiger partial charge < -0.3 is 9.64 Å². The van der Waals surface area contributed by atoms with Crippen molar-refractivity contribution in [1.82, 2.24) is 0 Å². The Kier molecular flexibility index (Phi) is 8.47. The zero-order valence-electron chi connectivity index (χ0n) is 35.5. The zero-order chi connectivity index (χ0) is 42.9. The normalized spacial score (nSPS) is 12.9. The molecule has 0 bridgehead atoms. The molecule has 13 rings (SSSR count). The molecule has 1 aliphatic heterocycles. The summed E-state index contributed by atoms with van der Waals surface area (Å²) >= 11 is 0. The van der Waals surface area contributed by atoms with E-state index < -0.39 is 5.41 Å². The fraction of sp³-hybridized carbons (Fsp3) is 0.0159. The standard InChI is InChI=1S/C63H41NO/c1-3-21-48(22-4-1)63(49-23-5-2-6-24-49)57-28-10-9-26-53(57)54-37-36-51(41-58(54)63)64(59-29-13-16-43-15-7-8-25-52(43)59)50-34-31-42(32-35-50)45-19-11-20-46(39-45)47-33-38-60-56(40-47)55-27-12-17-44-18-14-30-61(65-60)62(44)55/h1-41H. The molecule has 0 radical (unpaired) electrons. The molecule has 0 spiro atoms. The second kappa shape index (κ2) is 14.8. The van der Waals surface area contributed by atoms with Gasteiger partial charge in [0.1, 0.15) is 11.5 Å². The number of fused-ring (bicyclic) bond motifs is 6. The minimum Gasteiger partial charge on any atom is -0.456 e. The van der Waals surface area contributed by atoms with Crippen molar-refractivity contribution >= 4 is 38.6 Å². The lowest BCUT2D eigenvalue weighted by Gasteiger charge is -2.35. The molecule has 0 N–H and O–H groups in total. The van der Waals surface area contributed by atoms with Crippen LogP contribution in [0.5, 0.6) is 11.5 Å². The maximum absolute atomic E-state index is 6.43. The number of hydrogen-bond acceptors (Lipinski definition) is 2. The number of hydrogen-bond donors (Lipinski definition) is 0. The maximum Gasteiger partial charge on any atom is 0.135 e. The third-order valence-corrected chi connectivity index (χ3v) is 13.7. The first-order valence-electron chi connectivity index (χ1n) is 22.4. The van der Waals surface area contributed by atoms with E-state index in [4.69, 9.17) is 4.74 Å². The van der Waals surface area contributed by atoms with Gasteiger partial charge in [-0.05, 0) is 127 Å². The van der Waals surface area contributed by atoms with E-state index in [1.807, 2.05) is 0 Å². The van der Waals surface area contributed by atoms with Crippen molar-refractivity contribution in [1.29, 1.82) is 0 Å². The van der Waals surface area contributed by atoms with E-state index in [1.54, 1.807) is 0 Å². The highest BCUT2D eigenvalue weighted by molar-refractivity contribution is 6.05. The third kappa shape index (κ3) is 5.81. The number of rotatable bonds is 7. The summed E-state index contributed by atoms with van der Waals surface area (Å²) in [6.07, 6.45) is 0. The highest BCUT2D eigenvalue weighted by atomic mass is 16.5. The number of anilines is 3. The molecule has 2 heteroatoms. The van der Waals surface area contributed by atoms with Gasteiger partial charge in [0.2, 0.25) is 0 Å². The first-order chi connectivity index (χ1) is 32.2. The van der Waals surface area contributed by atoms with Crippen LogP contribution >= 0.6 is 0 Å². The van der Waals surface area contributed by atoms with E-state index in [9.17, 15) is 0 Å². The quantitative estimate of drug-likeness (QED) is 0.159. The first-order valence-corrected chi connectivity index (χ1v) is 22.4. The summed E-state index contributed by atoms with van der Waals surface area (Å²) in [5, 5.41) is 4.76. The molecular weight excluding hydrogens is 787 g/mol. The van der Waals surface area contributed by atoms with Crippen LogP contribution in [0.2, 0.25) is 0 Å². The van der Waals surface area contributed by atoms with Crippen LogP contribution in [0.3, 0.4) is 0 Å². The fourth-order valence-electron chi connectivity index (χ4n) is 10.8. The Morgan fingerprint density at radius 2 is 0.908 bits per heavy atom. The van der Waals surface area contributed by atoms with E-state index in [0.717, 1.165) is 56.4 Å². The summed E-state index contributed by atoms with van der Waals surface area (Å²) in [5.41, 5.74) is 17.4. The fourth-order valence-corrected chi connectivity index (χ4v) is 10.8. The van der Waals surface area contributed by atoms with Gasteiger partial charge in [-0.2, -0.15) is 0 Å². The molecule has 11 aromatic carbocycles. The molecule has 0 saturated heterocycles. The largest absolute Gasteiger partial charge is 0.456 e. The van der Waals surface area contributed by atoms with Gasteiger partial charge in [-0.1, -0.05) is 194 Å². The van der Waals surface area contributed by atoms with Gasteiger partial charge in [-0.3, -0.25) is 0 Å². The van der Waals surface area contributed by atoms with Gasteiger partial charge in [0.25, 0.3) is 0 Å². The lowest BCUT2D eigenvalue weighted by molar-refractivity contribution is 0.487. The van der Waals surface area contributed by atoms with Crippen molar-refractivity contribution in [3.63, 3.8) is 0 Å². The molecule has 0 atom stereocenters. The SMILES string of the molecule is c1ccc(C2(c3ccccc3)c3ccccc3-c3ccc(N(c4ccc(-c5cccc(-c6ccc7c(c6)-c6cccc8cccc(c68)O7)c5)cc4)c4cccc5ccccc45)cc32)cc1. The molecule has 0 saturated carbocycles. The molecule has 11 aromatic rings. The predicted octanol–water partition coefficient (Wildman–Crippen LogP) is 16.9. The molecule has 1 heterocycles. The van der Waals surface area contributed by atoms with Crippen molar-refractivity contribution in [2.75, 3.05) is 4.90 Å². The van der Waals surface area contributed by atoms with Crippen molar-refractivity contribution in [2.45, 2.75) is 5.41 Å². The molecular formula is C63H41NO. The molecule has 0 amide bonds. The van der Waals surface area contributed by atoms with Crippen LogP contribution in [-0.4, -0.2) is 0 Å². The van der Waals surface area contributed by atoms with E-state index >= 15 is 0 Å². The smallest absolute Gasteiger partial charge is 0.135 e. The van der Waals surface area contributed by atoms with Gasteiger partial charge >= 0.3 is 0 Å². The van der Waals surface area contributed by atoms with Crippen molar-refractivity contribution < 1.29 is 4.74 Å². The van der Waals surface area contributed by atoms with Crippen molar-refractivity contribution in [3.8, 4) is 56.0 Å². The minimum absolute atomic E-state index is 0.507. The molecule has 304 valence electrons. The Morgan fingerprint density at radius 1 is 0.323 bits per heavy atom. The summed E-state index contributed by atoms with van der Waals surface area (Å²) in [7, 11) is 0. The molecule has 65 heavy (non-hydrogen) atoms. The number of nitrogens with zero attached hydrogens (tertiary/aromatic N) is 1. The van der Waals surface area contributed by atoms with E-state index in [-0.39, 0.29) is 0 Å². The highest BCUT2D eigenvalue weighted by Crippen LogP contribution is 2.57. The van der Waals surface area contributed by atoms with Crippen LogP contribution in [0, 0.1) is 0 Å². The molecule has 0 aromatic heterocycles. The minimum atomic E-state index is -0.507. The van der Waals surface area contributed by atoms with E-state index in [1.165, 1.54) is 60.5 Å². The van der Waals surface area contributed by atoms with Crippen LogP contribution in [0.4, 0.5) is 17.1 Å². The first kappa shape index (κ1) is 37.1. The third-order valence-electron chi connectivity index (χ3n) is 13.7. The average molecular weight is 828 g/mol. The van der Waals surface area contributed by atoms with Crippen LogP contribution in [-0.2, 0) is 5.41 Å². The van der Waals surface area contributed by atoms with Crippen LogP contribution in [0.15, 0.2) is 249 Å². The Labute approximate surface area is 378 Å². The topological polar surface area (TPSA) is 12.5 Å². The van der Waals surface area contributed by atoms with Gasteiger partial charge in [0.15, 0.2) is 0 Å². The lowest BCUT2D eigenvalue weighted by Crippen LogP contribution is -2.28. The number of ether oxygens (including phenoxy) is 1. The molecule has 2 nitrogen and oxygen atoms in total. The van der Waals surface area contributed by atoms with Gasteiger partial charge in [-0.25, -0.2) is 0 Å². The second-order valence-electron chi connectivity index (χ2n) is 17.2. The Balaban J connectivity index is 0.935. The predicted molar refractivity (Wildman–Crippen MR) is 270 cm³/mol. The average Bonchev–Trinajstić information content (AvgIpc) is 3.68. The summed E-state index contributed by atoms with van der Waals surface area (Å²) in [4.78, 5) is 2.44. The Hall–Kier alpha value is -8.46. The second-order valence-corrected chi connectivity index (χ2v) is 17.2. The van der Waals surface area contributed by atoms with Gasteiger partial charge in [0.05, 0.1) is 11.1 Å². The van der Waals surface area contributed by atoms with Crippen molar-refractivity contribution in [3.05, 3.63) is 271 Å². The Bertz CT molecular complexity index is 3580. The number of benzene rings is 11. The lowest BCUT2D eigenvalue weighted by atomic mass is 9.67. The highest BCUT2D eigenvalue weighted by Gasteiger charge is 2.46. The van der Waals surface area contributed by atoms with Gasteiger partial charge in [-0.15, -0.1) is 0 Å².